The minimum Gasteiger partial charge on any atom is -0.481 e. The lowest BCUT2D eigenvalue weighted by molar-refractivity contribution is -0.140. The van der Waals surface area contributed by atoms with Gasteiger partial charge in [0.15, 0.2) is 0 Å². The van der Waals surface area contributed by atoms with Crippen LogP contribution in [0.3, 0.4) is 0 Å². The van der Waals surface area contributed by atoms with E-state index in [-0.39, 0.29) is 5.92 Å². The molecule has 0 amide bonds. The van der Waals surface area contributed by atoms with Gasteiger partial charge in [0.1, 0.15) is 0 Å². The maximum absolute atomic E-state index is 11.4. The monoisotopic (exact) mass is 218 g/mol. The minimum atomic E-state index is -0.668. The van der Waals surface area contributed by atoms with Crippen molar-refractivity contribution in [3.05, 3.63) is 35.9 Å². The van der Waals surface area contributed by atoms with Crippen LogP contribution in [0.15, 0.2) is 30.3 Å². The minimum absolute atomic E-state index is 0.304. The molecule has 0 bridgehead atoms. The fourth-order valence-electron chi connectivity index (χ4n) is 2.74. The number of rotatable bonds is 3. The maximum atomic E-state index is 11.4. The zero-order chi connectivity index (χ0) is 11.4. The second-order valence-corrected chi connectivity index (χ2v) is 4.62. The fourth-order valence-corrected chi connectivity index (χ4v) is 2.74. The highest BCUT2D eigenvalue weighted by Gasteiger charge is 2.30. The lowest BCUT2D eigenvalue weighted by Crippen LogP contribution is -2.23. The van der Waals surface area contributed by atoms with Gasteiger partial charge in [-0.15, -0.1) is 0 Å². The standard InChI is InChI=1S/C14H18O2/c15-14(16)13(11-7-3-1-4-8-11)12-9-5-2-6-10-12/h1,3-4,7-8,12-13H,2,5-6,9-10H2,(H,15,16)/t13-/m1/s1. The molecule has 2 heteroatoms. The van der Waals surface area contributed by atoms with Gasteiger partial charge in [-0.1, -0.05) is 49.6 Å². The summed E-state index contributed by atoms with van der Waals surface area (Å²) in [7, 11) is 0. The van der Waals surface area contributed by atoms with Crippen LogP contribution in [-0.4, -0.2) is 11.1 Å². The molecular weight excluding hydrogens is 200 g/mol. The Morgan fingerprint density at radius 1 is 1.12 bits per heavy atom. The molecule has 1 N–H and O–H groups in total. The molecule has 0 unspecified atom stereocenters. The van der Waals surface area contributed by atoms with Crippen molar-refractivity contribution in [1.82, 2.24) is 0 Å². The van der Waals surface area contributed by atoms with E-state index in [1.165, 1.54) is 19.3 Å². The molecule has 1 saturated carbocycles. The highest BCUT2D eigenvalue weighted by Crippen LogP contribution is 2.36. The third kappa shape index (κ3) is 2.43. The number of carboxylic acids is 1. The van der Waals surface area contributed by atoms with Gasteiger partial charge >= 0.3 is 5.97 Å². The number of aliphatic carboxylic acids is 1. The smallest absolute Gasteiger partial charge is 0.311 e. The lowest BCUT2D eigenvalue weighted by atomic mass is 9.77. The summed E-state index contributed by atoms with van der Waals surface area (Å²) in [5.41, 5.74) is 0.960. The van der Waals surface area contributed by atoms with Crippen molar-refractivity contribution in [2.45, 2.75) is 38.0 Å². The number of carboxylic acid groups (broad SMARTS) is 1. The number of benzene rings is 1. The Labute approximate surface area is 96.3 Å². The molecule has 1 aromatic carbocycles. The first-order valence-electron chi connectivity index (χ1n) is 6.07. The summed E-state index contributed by atoms with van der Waals surface area (Å²) in [5, 5.41) is 9.38. The molecule has 0 aliphatic heterocycles. The average Bonchev–Trinajstić information content (AvgIpc) is 2.31. The van der Waals surface area contributed by atoms with Crippen LogP contribution in [0.4, 0.5) is 0 Å². The van der Waals surface area contributed by atoms with E-state index in [0.29, 0.717) is 5.92 Å². The van der Waals surface area contributed by atoms with Crippen molar-refractivity contribution in [2.24, 2.45) is 5.92 Å². The van der Waals surface area contributed by atoms with Crippen LogP contribution < -0.4 is 0 Å². The first-order valence-corrected chi connectivity index (χ1v) is 6.07. The van der Waals surface area contributed by atoms with E-state index >= 15 is 0 Å². The van der Waals surface area contributed by atoms with Gasteiger partial charge in [0.2, 0.25) is 0 Å². The van der Waals surface area contributed by atoms with Crippen LogP contribution >= 0.6 is 0 Å². The predicted octanol–water partition coefficient (Wildman–Crippen LogP) is 3.44. The number of hydrogen-bond donors (Lipinski definition) is 1. The molecule has 2 nitrogen and oxygen atoms in total. The molecule has 1 atom stereocenters. The largest absolute Gasteiger partial charge is 0.481 e. The third-order valence-corrected chi connectivity index (χ3v) is 3.55. The summed E-state index contributed by atoms with van der Waals surface area (Å²) in [6.07, 6.45) is 5.75. The molecule has 0 spiro atoms. The van der Waals surface area contributed by atoms with Crippen LogP contribution in [0.25, 0.3) is 0 Å². The molecule has 16 heavy (non-hydrogen) atoms. The van der Waals surface area contributed by atoms with E-state index in [1.807, 2.05) is 30.3 Å². The molecule has 1 aliphatic rings. The van der Waals surface area contributed by atoms with Gasteiger partial charge in [0.25, 0.3) is 0 Å². The van der Waals surface area contributed by atoms with Crippen molar-refractivity contribution in [2.75, 3.05) is 0 Å². The van der Waals surface area contributed by atoms with E-state index in [0.717, 1.165) is 18.4 Å². The normalized spacial score (nSPS) is 19.2. The van der Waals surface area contributed by atoms with Gasteiger partial charge in [0.05, 0.1) is 5.92 Å². The molecule has 1 aliphatic carbocycles. The molecule has 1 fully saturated rings. The SMILES string of the molecule is O=C(O)[C@H](c1ccccc1)C1CCCCC1. The van der Waals surface area contributed by atoms with E-state index in [4.69, 9.17) is 0 Å². The van der Waals surface area contributed by atoms with Gasteiger partial charge in [-0.25, -0.2) is 0 Å². The second kappa shape index (κ2) is 5.15. The Morgan fingerprint density at radius 3 is 2.31 bits per heavy atom. The second-order valence-electron chi connectivity index (χ2n) is 4.62. The molecule has 86 valence electrons. The molecule has 1 aromatic rings. The predicted molar refractivity (Wildman–Crippen MR) is 63.4 cm³/mol. The zero-order valence-electron chi connectivity index (χ0n) is 9.43. The summed E-state index contributed by atoms with van der Waals surface area (Å²) in [5.74, 6) is -0.645. The lowest BCUT2D eigenvalue weighted by Gasteiger charge is -2.27. The molecule has 0 heterocycles. The van der Waals surface area contributed by atoms with E-state index in [2.05, 4.69) is 0 Å². The van der Waals surface area contributed by atoms with Crippen LogP contribution in [-0.2, 0) is 4.79 Å². The Bertz CT molecular complexity index is 339. The first kappa shape index (κ1) is 11.2. The number of hydrogen-bond acceptors (Lipinski definition) is 1. The van der Waals surface area contributed by atoms with E-state index in [1.54, 1.807) is 0 Å². The topological polar surface area (TPSA) is 37.3 Å². The van der Waals surface area contributed by atoms with Crippen molar-refractivity contribution < 1.29 is 9.90 Å². The van der Waals surface area contributed by atoms with Crippen LogP contribution in [0, 0.1) is 5.92 Å². The van der Waals surface area contributed by atoms with Gasteiger partial charge in [0, 0.05) is 0 Å². The Kier molecular flexibility index (Phi) is 3.60. The van der Waals surface area contributed by atoms with Crippen molar-refractivity contribution in [3.8, 4) is 0 Å². The quantitative estimate of drug-likeness (QED) is 0.843. The molecule has 0 aromatic heterocycles. The highest BCUT2D eigenvalue weighted by atomic mass is 16.4. The Balaban J connectivity index is 2.20. The molecular formula is C14H18O2. The van der Waals surface area contributed by atoms with Crippen LogP contribution in [0.5, 0.6) is 0 Å². The van der Waals surface area contributed by atoms with Crippen molar-refractivity contribution in [3.63, 3.8) is 0 Å². The molecule has 2 rings (SSSR count). The fraction of sp³-hybridized carbons (Fsp3) is 0.500. The Morgan fingerprint density at radius 2 is 1.75 bits per heavy atom. The van der Waals surface area contributed by atoms with Gasteiger partial charge in [-0.2, -0.15) is 0 Å². The van der Waals surface area contributed by atoms with Crippen LogP contribution in [0.2, 0.25) is 0 Å². The summed E-state index contributed by atoms with van der Waals surface area (Å²) < 4.78 is 0. The highest BCUT2D eigenvalue weighted by molar-refractivity contribution is 5.76. The maximum Gasteiger partial charge on any atom is 0.311 e. The zero-order valence-corrected chi connectivity index (χ0v) is 9.43. The number of carbonyl (C=O) groups is 1. The van der Waals surface area contributed by atoms with Gasteiger partial charge in [-0.05, 0) is 24.3 Å². The van der Waals surface area contributed by atoms with Gasteiger partial charge < -0.3 is 5.11 Å². The average molecular weight is 218 g/mol. The Hall–Kier alpha value is -1.31. The third-order valence-electron chi connectivity index (χ3n) is 3.55. The van der Waals surface area contributed by atoms with Crippen molar-refractivity contribution >= 4 is 5.97 Å². The van der Waals surface area contributed by atoms with Gasteiger partial charge in [-0.3, -0.25) is 4.79 Å². The van der Waals surface area contributed by atoms with Crippen LogP contribution in [0.1, 0.15) is 43.6 Å². The molecule has 0 saturated heterocycles. The summed E-state index contributed by atoms with van der Waals surface area (Å²) in [6, 6.07) is 9.66. The first-order chi connectivity index (χ1) is 7.79. The van der Waals surface area contributed by atoms with E-state index in [9.17, 15) is 9.90 Å². The summed E-state index contributed by atoms with van der Waals surface area (Å²) in [6.45, 7) is 0. The van der Waals surface area contributed by atoms with Crippen molar-refractivity contribution in [1.29, 1.82) is 0 Å². The summed E-state index contributed by atoms with van der Waals surface area (Å²) >= 11 is 0. The van der Waals surface area contributed by atoms with E-state index < -0.39 is 5.97 Å². The molecule has 0 radical (unpaired) electrons. The summed E-state index contributed by atoms with van der Waals surface area (Å²) in [4.78, 5) is 11.4.